The quantitative estimate of drug-likeness (QED) is 0.565. The Labute approximate surface area is 78.0 Å². The SMILES string of the molecule is CCCNC(=O)C1CC(O)C(O)C1. The van der Waals surface area contributed by atoms with Gasteiger partial charge >= 0.3 is 0 Å². The van der Waals surface area contributed by atoms with Crippen molar-refractivity contribution in [1.29, 1.82) is 0 Å². The molecule has 1 fully saturated rings. The van der Waals surface area contributed by atoms with Crippen molar-refractivity contribution in [3.8, 4) is 0 Å². The van der Waals surface area contributed by atoms with E-state index in [1.54, 1.807) is 0 Å². The number of aliphatic hydroxyl groups is 2. The summed E-state index contributed by atoms with van der Waals surface area (Å²) >= 11 is 0. The van der Waals surface area contributed by atoms with Crippen LogP contribution in [0.25, 0.3) is 0 Å². The van der Waals surface area contributed by atoms with E-state index < -0.39 is 12.2 Å². The summed E-state index contributed by atoms with van der Waals surface area (Å²) in [7, 11) is 0. The Bertz CT molecular complexity index is 174. The van der Waals surface area contributed by atoms with E-state index in [4.69, 9.17) is 0 Å². The zero-order chi connectivity index (χ0) is 9.84. The second-order valence-corrected chi connectivity index (χ2v) is 3.59. The Morgan fingerprint density at radius 1 is 1.38 bits per heavy atom. The molecule has 1 aliphatic rings. The summed E-state index contributed by atoms with van der Waals surface area (Å²) in [5.74, 6) is -0.256. The first kappa shape index (κ1) is 10.5. The maximum absolute atomic E-state index is 11.4. The highest BCUT2D eigenvalue weighted by molar-refractivity contribution is 5.79. The van der Waals surface area contributed by atoms with Gasteiger partial charge in [-0.3, -0.25) is 4.79 Å². The fraction of sp³-hybridized carbons (Fsp3) is 0.889. The average Bonchev–Trinajstić information content (AvgIpc) is 2.43. The van der Waals surface area contributed by atoms with Crippen LogP contribution in [0.3, 0.4) is 0 Å². The molecule has 0 aromatic carbocycles. The molecule has 1 rings (SSSR count). The van der Waals surface area contributed by atoms with Gasteiger partial charge in [-0.2, -0.15) is 0 Å². The van der Waals surface area contributed by atoms with Gasteiger partial charge in [-0.05, 0) is 19.3 Å². The standard InChI is InChI=1S/C9H17NO3/c1-2-3-10-9(13)6-4-7(11)8(12)5-6/h6-8,11-12H,2-5H2,1H3,(H,10,13). The Morgan fingerprint density at radius 3 is 2.38 bits per heavy atom. The number of hydrogen-bond acceptors (Lipinski definition) is 3. The van der Waals surface area contributed by atoms with Crippen LogP contribution < -0.4 is 5.32 Å². The minimum Gasteiger partial charge on any atom is -0.390 e. The van der Waals surface area contributed by atoms with E-state index in [0.717, 1.165) is 6.42 Å². The van der Waals surface area contributed by atoms with Crippen LogP contribution in [0.4, 0.5) is 0 Å². The van der Waals surface area contributed by atoms with Gasteiger partial charge in [-0.25, -0.2) is 0 Å². The second-order valence-electron chi connectivity index (χ2n) is 3.59. The van der Waals surface area contributed by atoms with Crippen LogP contribution in [-0.4, -0.2) is 34.9 Å². The number of aliphatic hydroxyl groups excluding tert-OH is 2. The van der Waals surface area contributed by atoms with Crippen molar-refractivity contribution in [2.45, 2.75) is 38.4 Å². The van der Waals surface area contributed by atoms with Crippen LogP contribution in [0.1, 0.15) is 26.2 Å². The summed E-state index contributed by atoms with van der Waals surface area (Å²) < 4.78 is 0. The van der Waals surface area contributed by atoms with Crippen molar-refractivity contribution in [1.82, 2.24) is 5.32 Å². The molecule has 4 heteroatoms. The minimum atomic E-state index is -0.725. The number of carbonyl (C=O) groups is 1. The van der Waals surface area contributed by atoms with Crippen LogP contribution in [0.5, 0.6) is 0 Å². The highest BCUT2D eigenvalue weighted by Crippen LogP contribution is 2.25. The van der Waals surface area contributed by atoms with Crippen LogP contribution in [-0.2, 0) is 4.79 Å². The van der Waals surface area contributed by atoms with Crippen LogP contribution in [0.15, 0.2) is 0 Å². The molecule has 76 valence electrons. The van der Waals surface area contributed by atoms with Gasteiger partial charge in [-0.1, -0.05) is 6.92 Å². The Kier molecular flexibility index (Phi) is 3.69. The summed E-state index contributed by atoms with van der Waals surface area (Å²) in [6, 6.07) is 0. The van der Waals surface area contributed by atoms with Crippen molar-refractivity contribution >= 4 is 5.91 Å². The molecule has 0 aromatic rings. The van der Waals surface area contributed by atoms with Crippen molar-refractivity contribution in [3.05, 3.63) is 0 Å². The summed E-state index contributed by atoms with van der Waals surface area (Å²) in [4.78, 5) is 11.4. The normalized spacial score (nSPS) is 33.3. The number of amides is 1. The summed E-state index contributed by atoms with van der Waals surface area (Å²) in [6.45, 7) is 2.65. The predicted octanol–water partition coefficient (Wildman–Crippen LogP) is -0.356. The third-order valence-electron chi connectivity index (χ3n) is 2.42. The lowest BCUT2D eigenvalue weighted by molar-refractivity contribution is -0.125. The number of hydrogen-bond donors (Lipinski definition) is 3. The van der Waals surface area contributed by atoms with Crippen LogP contribution >= 0.6 is 0 Å². The molecule has 0 bridgehead atoms. The van der Waals surface area contributed by atoms with Gasteiger partial charge in [0, 0.05) is 12.5 Å². The fourth-order valence-electron chi connectivity index (χ4n) is 1.60. The van der Waals surface area contributed by atoms with Gasteiger partial charge in [0.2, 0.25) is 5.91 Å². The molecular weight excluding hydrogens is 170 g/mol. The molecule has 0 heterocycles. The van der Waals surface area contributed by atoms with Gasteiger partial charge in [0.1, 0.15) is 0 Å². The van der Waals surface area contributed by atoms with Crippen molar-refractivity contribution in [2.24, 2.45) is 5.92 Å². The first-order valence-electron chi connectivity index (χ1n) is 4.79. The molecule has 0 saturated heterocycles. The first-order chi connectivity index (χ1) is 6.15. The zero-order valence-corrected chi connectivity index (χ0v) is 7.86. The van der Waals surface area contributed by atoms with E-state index in [2.05, 4.69) is 5.32 Å². The Hall–Kier alpha value is -0.610. The Morgan fingerprint density at radius 2 is 1.92 bits per heavy atom. The predicted molar refractivity (Wildman–Crippen MR) is 48.0 cm³/mol. The fourth-order valence-corrected chi connectivity index (χ4v) is 1.60. The summed E-state index contributed by atoms with van der Waals surface area (Å²) in [6.07, 6.45) is 0.228. The van der Waals surface area contributed by atoms with Crippen LogP contribution in [0, 0.1) is 5.92 Å². The molecule has 0 spiro atoms. The van der Waals surface area contributed by atoms with E-state index in [1.165, 1.54) is 0 Å². The van der Waals surface area contributed by atoms with E-state index in [-0.39, 0.29) is 11.8 Å². The molecular formula is C9H17NO3. The zero-order valence-electron chi connectivity index (χ0n) is 7.86. The van der Waals surface area contributed by atoms with E-state index in [1.807, 2.05) is 6.92 Å². The highest BCUT2D eigenvalue weighted by atomic mass is 16.3. The lowest BCUT2D eigenvalue weighted by Gasteiger charge is -2.08. The lowest BCUT2D eigenvalue weighted by atomic mass is 10.1. The number of rotatable bonds is 3. The van der Waals surface area contributed by atoms with E-state index in [0.29, 0.717) is 19.4 Å². The van der Waals surface area contributed by atoms with Gasteiger partial charge < -0.3 is 15.5 Å². The minimum absolute atomic E-state index is 0.0440. The highest BCUT2D eigenvalue weighted by Gasteiger charge is 2.35. The Balaban J connectivity index is 2.33. The second kappa shape index (κ2) is 4.58. The molecule has 1 aliphatic carbocycles. The monoisotopic (exact) mass is 187 g/mol. The molecule has 4 nitrogen and oxygen atoms in total. The topological polar surface area (TPSA) is 69.6 Å². The van der Waals surface area contributed by atoms with E-state index in [9.17, 15) is 15.0 Å². The average molecular weight is 187 g/mol. The van der Waals surface area contributed by atoms with Gasteiger partial charge in [0.25, 0.3) is 0 Å². The molecule has 0 aliphatic heterocycles. The first-order valence-corrected chi connectivity index (χ1v) is 4.79. The molecule has 1 amide bonds. The van der Waals surface area contributed by atoms with Crippen molar-refractivity contribution < 1.29 is 15.0 Å². The van der Waals surface area contributed by atoms with Crippen LogP contribution in [0.2, 0.25) is 0 Å². The molecule has 13 heavy (non-hydrogen) atoms. The maximum atomic E-state index is 11.4. The molecule has 2 atom stereocenters. The van der Waals surface area contributed by atoms with Gasteiger partial charge in [0.05, 0.1) is 12.2 Å². The van der Waals surface area contributed by atoms with Gasteiger partial charge in [-0.15, -0.1) is 0 Å². The maximum Gasteiger partial charge on any atom is 0.223 e. The van der Waals surface area contributed by atoms with Gasteiger partial charge in [0.15, 0.2) is 0 Å². The van der Waals surface area contributed by atoms with Crippen molar-refractivity contribution in [3.63, 3.8) is 0 Å². The number of carbonyl (C=O) groups excluding carboxylic acids is 1. The molecule has 2 unspecified atom stereocenters. The third kappa shape index (κ3) is 2.67. The largest absolute Gasteiger partial charge is 0.390 e. The molecule has 1 saturated carbocycles. The number of nitrogens with one attached hydrogen (secondary N) is 1. The summed E-state index contributed by atoms with van der Waals surface area (Å²) in [5.41, 5.74) is 0. The molecule has 3 N–H and O–H groups in total. The summed E-state index contributed by atoms with van der Waals surface area (Å²) in [5, 5.41) is 21.2. The van der Waals surface area contributed by atoms with Crippen molar-refractivity contribution in [2.75, 3.05) is 6.54 Å². The lowest BCUT2D eigenvalue weighted by Crippen LogP contribution is -2.30. The molecule has 0 aromatic heterocycles. The third-order valence-corrected chi connectivity index (χ3v) is 2.42. The smallest absolute Gasteiger partial charge is 0.223 e. The molecule has 0 radical (unpaired) electrons. The van der Waals surface area contributed by atoms with E-state index >= 15 is 0 Å².